The topological polar surface area (TPSA) is 51.1 Å². The van der Waals surface area contributed by atoms with Crippen molar-refractivity contribution in [3.8, 4) is 11.5 Å². The van der Waals surface area contributed by atoms with Crippen LogP contribution in [0.3, 0.4) is 0 Å². The summed E-state index contributed by atoms with van der Waals surface area (Å²) in [5, 5.41) is 0.729. The Morgan fingerprint density at radius 1 is 1.10 bits per heavy atom. The lowest BCUT2D eigenvalue weighted by Gasteiger charge is -2.20. The number of aliphatic imine (C=N–C) groups is 1. The fraction of sp³-hybridized carbons (Fsp3) is 0.333. The molecule has 1 saturated heterocycles. The van der Waals surface area contributed by atoms with Gasteiger partial charge in [0.25, 0.3) is 5.91 Å². The molecule has 0 saturated carbocycles. The van der Waals surface area contributed by atoms with Crippen molar-refractivity contribution in [2.75, 3.05) is 7.11 Å². The van der Waals surface area contributed by atoms with E-state index in [1.807, 2.05) is 52.0 Å². The van der Waals surface area contributed by atoms with Gasteiger partial charge in [-0.3, -0.25) is 14.7 Å². The minimum atomic E-state index is -0.282. The first-order valence-electron chi connectivity index (χ1n) is 10.1. The summed E-state index contributed by atoms with van der Waals surface area (Å²) in [6, 6.07) is 11.8. The van der Waals surface area contributed by atoms with Crippen LogP contribution in [0.2, 0.25) is 0 Å². The van der Waals surface area contributed by atoms with Crippen LogP contribution in [0.5, 0.6) is 11.5 Å². The number of amides is 1. The Morgan fingerprint density at radius 2 is 1.81 bits per heavy atom. The fourth-order valence-corrected chi connectivity index (χ4v) is 4.27. The first-order valence-corrected chi connectivity index (χ1v) is 11.0. The third kappa shape index (κ3) is 5.67. The van der Waals surface area contributed by atoms with Crippen molar-refractivity contribution in [1.29, 1.82) is 0 Å². The molecule has 0 unspecified atom stereocenters. The number of hydrogen-bond donors (Lipinski definition) is 0. The summed E-state index contributed by atoms with van der Waals surface area (Å²) in [4.78, 5) is 19.9. The summed E-state index contributed by atoms with van der Waals surface area (Å²) in [5.41, 5.74) is 1.68. The Morgan fingerprint density at radius 3 is 2.42 bits per heavy atom. The molecule has 0 spiro atoms. The summed E-state index contributed by atoms with van der Waals surface area (Å²) in [5.74, 6) is 0.805. The third-order valence-electron chi connectivity index (χ3n) is 4.51. The van der Waals surface area contributed by atoms with Crippen molar-refractivity contribution < 1.29 is 18.7 Å². The van der Waals surface area contributed by atoms with Crippen LogP contribution in [0.25, 0.3) is 6.08 Å². The van der Waals surface area contributed by atoms with E-state index in [-0.39, 0.29) is 23.8 Å². The summed E-state index contributed by atoms with van der Waals surface area (Å²) < 4.78 is 24.4. The molecule has 0 aliphatic carbocycles. The molecule has 1 amide bonds. The van der Waals surface area contributed by atoms with Gasteiger partial charge in [-0.1, -0.05) is 18.2 Å². The minimum absolute atomic E-state index is 0.0279. The van der Waals surface area contributed by atoms with Gasteiger partial charge in [0.15, 0.2) is 16.7 Å². The quantitative estimate of drug-likeness (QED) is 0.531. The van der Waals surface area contributed by atoms with Crippen LogP contribution in [0.1, 0.15) is 38.8 Å². The zero-order chi connectivity index (χ0) is 22.5. The van der Waals surface area contributed by atoms with Gasteiger partial charge in [0.1, 0.15) is 12.4 Å². The normalized spacial score (nSPS) is 16.8. The zero-order valence-electron chi connectivity index (χ0n) is 18.4. The Bertz CT molecular complexity index is 1000. The second-order valence-electron chi connectivity index (χ2n) is 7.71. The molecule has 7 heteroatoms. The number of ether oxygens (including phenoxy) is 2. The molecular weight excluding hydrogens is 415 g/mol. The SMILES string of the molecule is COc1cc(/C=C2/SC(=NC(C)C)N(C(C)C)C2=O)ccc1OCc1ccc(F)cc1. The lowest BCUT2D eigenvalue weighted by Crippen LogP contribution is -2.35. The summed E-state index contributed by atoms with van der Waals surface area (Å²) in [6.07, 6.45) is 1.84. The Kier molecular flexibility index (Phi) is 7.38. The highest BCUT2D eigenvalue weighted by molar-refractivity contribution is 8.18. The van der Waals surface area contributed by atoms with E-state index in [4.69, 9.17) is 9.47 Å². The monoisotopic (exact) mass is 442 g/mol. The number of methoxy groups -OCH3 is 1. The third-order valence-corrected chi connectivity index (χ3v) is 5.51. The Labute approximate surface area is 187 Å². The molecule has 0 bridgehead atoms. The van der Waals surface area contributed by atoms with Crippen LogP contribution in [0.15, 0.2) is 52.4 Å². The van der Waals surface area contributed by atoms with Crippen molar-refractivity contribution >= 4 is 28.9 Å². The molecule has 0 N–H and O–H groups in total. The number of carbonyl (C=O) groups excluding carboxylic acids is 1. The molecule has 164 valence electrons. The van der Waals surface area contributed by atoms with Crippen molar-refractivity contribution in [1.82, 2.24) is 4.90 Å². The van der Waals surface area contributed by atoms with E-state index >= 15 is 0 Å². The Balaban J connectivity index is 1.81. The maximum Gasteiger partial charge on any atom is 0.266 e. The molecule has 0 atom stereocenters. The standard InChI is InChI=1S/C24H27FN2O3S/c1-15(2)26-24-27(16(3)4)23(28)22(31-24)13-18-8-11-20(21(12-18)29-5)30-14-17-6-9-19(25)10-7-17/h6-13,15-16H,14H2,1-5H3/b22-13+,26-24?. The van der Waals surface area contributed by atoms with Crippen LogP contribution in [-0.4, -0.2) is 35.2 Å². The second kappa shape index (κ2) is 10.0. The van der Waals surface area contributed by atoms with Crippen LogP contribution in [-0.2, 0) is 11.4 Å². The van der Waals surface area contributed by atoms with E-state index in [2.05, 4.69) is 4.99 Å². The van der Waals surface area contributed by atoms with Gasteiger partial charge >= 0.3 is 0 Å². The van der Waals surface area contributed by atoms with E-state index in [1.54, 1.807) is 24.1 Å². The van der Waals surface area contributed by atoms with Gasteiger partial charge in [0, 0.05) is 12.1 Å². The van der Waals surface area contributed by atoms with Crippen LogP contribution >= 0.6 is 11.8 Å². The summed E-state index contributed by atoms with van der Waals surface area (Å²) >= 11 is 1.39. The molecule has 5 nitrogen and oxygen atoms in total. The van der Waals surface area contributed by atoms with Gasteiger partial charge in [-0.25, -0.2) is 4.39 Å². The molecule has 3 rings (SSSR count). The number of hydrogen-bond acceptors (Lipinski definition) is 5. The number of amidine groups is 1. The van der Waals surface area contributed by atoms with Gasteiger partial charge in [-0.15, -0.1) is 0 Å². The smallest absolute Gasteiger partial charge is 0.266 e. The predicted molar refractivity (Wildman–Crippen MR) is 124 cm³/mol. The molecule has 2 aromatic rings. The molecular formula is C24H27FN2O3S. The molecule has 31 heavy (non-hydrogen) atoms. The van der Waals surface area contributed by atoms with E-state index in [0.717, 1.165) is 16.3 Å². The van der Waals surface area contributed by atoms with E-state index < -0.39 is 0 Å². The highest BCUT2D eigenvalue weighted by Gasteiger charge is 2.35. The predicted octanol–water partition coefficient (Wildman–Crippen LogP) is 5.50. The Hall–Kier alpha value is -2.80. The molecule has 0 aromatic heterocycles. The van der Waals surface area contributed by atoms with Crippen molar-refractivity contribution in [3.05, 3.63) is 64.3 Å². The lowest BCUT2D eigenvalue weighted by atomic mass is 10.1. The first-order chi connectivity index (χ1) is 14.8. The molecule has 0 radical (unpaired) electrons. The van der Waals surface area contributed by atoms with Crippen molar-refractivity contribution in [2.45, 2.75) is 46.4 Å². The van der Waals surface area contributed by atoms with Gasteiger partial charge in [0.05, 0.1) is 12.0 Å². The minimum Gasteiger partial charge on any atom is -0.493 e. The molecule has 1 heterocycles. The van der Waals surface area contributed by atoms with Crippen LogP contribution in [0, 0.1) is 5.82 Å². The maximum absolute atomic E-state index is 13.1. The highest BCUT2D eigenvalue weighted by atomic mass is 32.2. The highest BCUT2D eigenvalue weighted by Crippen LogP contribution is 2.36. The van der Waals surface area contributed by atoms with E-state index in [0.29, 0.717) is 23.0 Å². The first kappa shape index (κ1) is 22.9. The number of halogens is 1. The number of nitrogens with zero attached hydrogens (tertiary/aromatic N) is 2. The van der Waals surface area contributed by atoms with Gasteiger partial charge in [0.2, 0.25) is 0 Å². The fourth-order valence-electron chi connectivity index (χ4n) is 3.04. The maximum atomic E-state index is 13.1. The average molecular weight is 443 g/mol. The van der Waals surface area contributed by atoms with E-state index in [1.165, 1.54) is 23.9 Å². The number of rotatable bonds is 7. The van der Waals surface area contributed by atoms with Crippen LogP contribution < -0.4 is 9.47 Å². The molecule has 1 aliphatic heterocycles. The van der Waals surface area contributed by atoms with Gasteiger partial charge in [-0.2, -0.15) is 0 Å². The summed E-state index contributed by atoms with van der Waals surface area (Å²) in [6.45, 7) is 8.24. The lowest BCUT2D eigenvalue weighted by molar-refractivity contribution is -0.123. The molecule has 1 aliphatic rings. The number of carbonyl (C=O) groups is 1. The number of benzene rings is 2. The van der Waals surface area contributed by atoms with Gasteiger partial charge < -0.3 is 9.47 Å². The average Bonchev–Trinajstić information content (AvgIpc) is 3.02. The number of thioether (sulfide) groups is 1. The van der Waals surface area contributed by atoms with E-state index in [9.17, 15) is 9.18 Å². The summed E-state index contributed by atoms with van der Waals surface area (Å²) in [7, 11) is 1.57. The van der Waals surface area contributed by atoms with Crippen molar-refractivity contribution in [2.24, 2.45) is 4.99 Å². The second-order valence-corrected chi connectivity index (χ2v) is 8.72. The van der Waals surface area contributed by atoms with Crippen molar-refractivity contribution in [3.63, 3.8) is 0 Å². The van der Waals surface area contributed by atoms with Gasteiger partial charge in [-0.05, 0) is 80.9 Å². The largest absolute Gasteiger partial charge is 0.493 e. The molecule has 1 fully saturated rings. The molecule has 2 aromatic carbocycles. The van der Waals surface area contributed by atoms with Crippen LogP contribution in [0.4, 0.5) is 4.39 Å². The zero-order valence-corrected chi connectivity index (χ0v) is 19.2.